The van der Waals surface area contributed by atoms with E-state index in [0.29, 0.717) is 28.9 Å². The highest BCUT2D eigenvalue weighted by atomic mass is 32.3. The number of nitrogens with zero attached hydrogens (tertiary/aromatic N) is 6. The third-order valence-corrected chi connectivity index (χ3v) is 9.25. The van der Waals surface area contributed by atoms with Gasteiger partial charge in [-0.05, 0) is 26.0 Å². The van der Waals surface area contributed by atoms with Gasteiger partial charge in [-0.15, -0.1) is 0 Å². The number of benzene rings is 1. The Morgan fingerprint density at radius 2 is 1.69 bits per heavy atom. The maximum absolute atomic E-state index is 13.7. The Morgan fingerprint density at radius 3 is 2.25 bits per heavy atom. The lowest BCUT2D eigenvalue weighted by atomic mass is 10.1. The van der Waals surface area contributed by atoms with Gasteiger partial charge < -0.3 is 24.8 Å². The number of methoxy groups -OCH3 is 3. The zero-order valence-electron chi connectivity index (χ0n) is 27.9. The van der Waals surface area contributed by atoms with Gasteiger partial charge in [0.1, 0.15) is 22.1 Å². The number of hydrogen-bond donors (Lipinski definition) is 3. The lowest BCUT2D eigenvalue weighted by Gasteiger charge is -2.15. The van der Waals surface area contributed by atoms with Crippen molar-refractivity contribution in [2.45, 2.75) is 26.9 Å². The number of nitrogens with one attached hydrogen (secondary N) is 3. The molecular formula is C30H32F3N9O7S2. The normalized spacial score (nSPS) is 11.9. The fraction of sp³-hybridized carbons (Fsp3) is 0.300. The molecule has 3 heterocycles. The number of hydrogen-bond acceptors (Lipinski definition) is 14. The number of amides is 2. The maximum Gasteiger partial charge on any atom is 0.435 e. The number of carbonyl (C=O) groups excluding carboxylic acids is 2. The van der Waals surface area contributed by atoms with Crippen LogP contribution in [0.1, 0.15) is 35.6 Å². The van der Waals surface area contributed by atoms with Crippen molar-refractivity contribution in [1.29, 1.82) is 0 Å². The van der Waals surface area contributed by atoms with E-state index in [1.165, 1.54) is 53.6 Å². The fourth-order valence-electron chi connectivity index (χ4n) is 4.33. The van der Waals surface area contributed by atoms with Gasteiger partial charge in [-0.25, -0.2) is 27.8 Å². The lowest BCUT2D eigenvalue weighted by Crippen LogP contribution is -2.34. The Morgan fingerprint density at radius 1 is 1.00 bits per heavy atom. The SMILES string of the molecule is CCN=C(NC(C)=O)SCS(=O)(=O)NC(=O)c1cc(-c2cnc(Nc3cc(OC)cc(OC)c3)nc2-n2nc(C(F)(F)F)cc2C)cnc1OC. The molecule has 0 aliphatic rings. The van der Waals surface area contributed by atoms with E-state index in [4.69, 9.17) is 14.2 Å². The molecule has 0 spiro atoms. The van der Waals surface area contributed by atoms with Crippen LogP contribution in [-0.4, -0.2) is 83.1 Å². The number of sulfonamides is 1. The summed E-state index contributed by atoms with van der Waals surface area (Å²) >= 11 is 0.681. The minimum absolute atomic E-state index is 0.0441. The predicted molar refractivity (Wildman–Crippen MR) is 182 cm³/mol. The number of ether oxygens (including phenoxy) is 3. The first-order chi connectivity index (χ1) is 24.1. The van der Waals surface area contributed by atoms with E-state index in [0.717, 1.165) is 10.7 Å². The zero-order chi connectivity index (χ0) is 37.5. The number of pyridine rings is 1. The molecule has 0 radical (unpaired) electrons. The summed E-state index contributed by atoms with van der Waals surface area (Å²) in [6.07, 6.45) is -2.26. The fourth-order valence-corrected chi connectivity index (χ4v) is 6.47. The number of anilines is 2. The number of aryl methyl sites for hydroxylation is 1. The molecule has 0 atom stereocenters. The first-order valence-electron chi connectivity index (χ1n) is 14.6. The molecule has 0 saturated heterocycles. The van der Waals surface area contributed by atoms with Crippen molar-refractivity contribution in [2.75, 3.05) is 38.3 Å². The highest BCUT2D eigenvalue weighted by molar-refractivity contribution is 8.21. The Balaban J connectivity index is 1.77. The van der Waals surface area contributed by atoms with E-state index in [9.17, 15) is 31.2 Å². The van der Waals surface area contributed by atoms with Gasteiger partial charge in [-0.2, -0.15) is 23.3 Å². The maximum atomic E-state index is 13.7. The molecule has 3 N–H and O–H groups in total. The number of aromatic nitrogens is 5. The smallest absolute Gasteiger partial charge is 0.435 e. The number of halogens is 3. The molecule has 0 saturated carbocycles. The summed E-state index contributed by atoms with van der Waals surface area (Å²) in [6.45, 7) is 4.58. The largest absolute Gasteiger partial charge is 0.497 e. The van der Waals surface area contributed by atoms with Crippen LogP contribution in [-0.2, 0) is 21.0 Å². The highest BCUT2D eigenvalue weighted by Gasteiger charge is 2.35. The monoisotopic (exact) mass is 751 g/mol. The molecule has 4 rings (SSSR count). The second kappa shape index (κ2) is 16.1. The van der Waals surface area contributed by atoms with E-state index in [2.05, 4.69) is 35.7 Å². The van der Waals surface area contributed by atoms with Crippen LogP contribution in [0.4, 0.5) is 24.8 Å². The molecule has 272 valence electrons. The van der Waals surface area contributed by atoms with Crippen molar-refractivity contribution in [1.82, 2.24) is 34.8 Å². The summed E-state index contributed by atoms with van der Waals surface area (Å²) in [5.41, 5.74) is -0.862. The van der Waals surface area contributed by atoms with Gasteiger partial charge in [0.2, 0.25) is 27.8 Å². The molecule has 0 unspecified atom stereocenters. The average molecular weight is 752 g/mol. The van der Waals surface area contributed by atoms with E-state index in [1.54, 1.807) is 25.1 Å². The number of alkyl halides is 3. The van der Waals surface area contributed by atoms with Crippen molar-refractivity contribution in [3.8, 4) is 34.3 Å². The third kappa shape index (κ3) is 9.84. The van der Waals surface area contributed by atoms with Gasteiger partial charge in [-0.1, -0.05) is 11.8 Å². The molecule has 1 aromatic carbocycles. The number of thioether (sulfide) groups is 1. The molecule has 21 heteroatoms. The molecular weight excluding hydrogens is 720 g/mol. The Bertz CT molecular complexity index is 2050. The van der Waals surface area contributed by atoms with Gasteiger partial charge in [0.25, 0.3) is 5.91 Å². The molecule has 0 aliphatic heterocycles. The van der Waals surface area contributed by atoms with Crippen molar-refractivity contribution in [2.24, 2.45) is 4.99 Å². The number of rotatable bonds is 12. The molecule has 0 bridgehead atoms. The minimum Gasteiger partial charge on any atom is -0.497 e. The zero-order valence-corrected chi connectivity index (χ0v) is 29.6. The van der Waals surface area contributed by atoms with E-state index >= 15 is 0 Å². The summed E-state index contributed by atoms with van der Waals surface area (Å²) < 4.78 is 85.5. The Hall–Kier alpha value is -5.44. The van der Waals surface area contributed by atoms with Crippen LogP contribution in [0.15, 0.2) is 47.7 Å². The van der Waals surface area contributed by atoms with Crippen LogP contribution in [0.3, 0.4) is 0 Å². The Kier molecular flexibility index (Phi) is 12.1. The predicted octanol–water partition coefficient (Wildman–Crippen LogP) is 4.08. The van der Waals surface area contributed by atoms with Crippen LogP contribution in [0, 0.1) is 6.92 Å². The van der Waals surface area contributed by atoms with Crippen molar-refractivity contribution in [3.63, 3.8) is 0 Å². The quantitative estimate of drug-likeness (QED) is 0.138. The molecule has 51 heavy (non-hydrogen) atoms. The number of carbonyl (C=O) groups is 2. The van der Waals surface area contributed by atoms with Gasteiger partial charge in [0, 0.05) is 66.6 Å². The van der Waals surface area contributed by atoms with E-state index < -0.39 is 38.8 Å². The van der Waals surface area contributed by atoms with Crippen LogP contribution < -0.4 is 29.6 Å². The number of aliphatic imine (C=N–C) groups is 1. The summed E-state index contributed by atoms with van der Waals surface area (Å²) in [6, 6.07) is 6.91. The van der Waals surface area contributed by atoms with Gasteiger partial charge in [-0.3, -0.25) is 14.6 Å². The molecule has 0 aliphatic carbocycles. The lowest BCUT2D eigenvalue weighted by molar-refractivity contribution is -0.141. The second-order valence-electron chi connectivity index (χ2n) is 10.3. The first kappa shape index (κ1) is 38.4. The van der Waals surface area contributed by atoms with Crippen LogP contribution >= 0.6 is 11.8 Å². The first-order valence-corrected chi connectivity index (χ1v) is 17.3. The molecule has 0 fully saturated rings. The Labute approximate surface area is 294 Å². The minimum atomic E-state index is -4.77. The van der Waals surface area contributed by atoms with Gasteiger partial charge in [0.15, 0.2) is 16.7 Å². The van der Waals surface area contributed by atoms with Gasteiger partial charge >= 0.3 is 6.18 Å². The van der Waals surface area contributed by atoms with Crippen molar-refractivity contribution in [3.05, 3.63) is 59.7 Å². The third-order valence-electron chi connectivity index (χ3n) is 6.54. The molecule has 3 aromatic heterocycles. The van der Waals surface area contributed by atoms with Crippen molar-refractivity contribution < 1.29 is 45.4 Å². The summed E-state index contributed by atoms with van der Waals surface area (Å²) in [5, 5.41) is 8.48. The van der Waals surface area contributed by atoms with Crippen LogP contribution in [0.2, 0.25) is 0 Å². The second-order valence-corrected chi connectivity index (χ2v) is 13.3. The summed E-state index contributed by atoms with van der Waals surface area (Å²) in [5.74, 6) is -1.17. The summed E-state index contributed by atoms with van der Waals surface area (Å²) in [4.78, 5) is 41.7. The standard InChI is InChI=1S/C30H32F3N9O7S2/c1-7-34-29(37-17(3)43)50-15-51(45,46)41-26(44)22-9-18(13-35-27(22)49-6)23-14-36-28(38-19-10-20(47-4)12-21(11-19)48-5)39-25(23)42-16(2)8-24(40-42)30(31,32)33/h8-14H,7,15H2,1-6H3,(H,41,44)(H,34,37,43)(H,36,38,39). The summed E-state index contributed by atoms with van der Waals surface area (Å²) in [7, 11) is -0.196. The average Bonchev–Trinajstić information content (AvgIpc) is 3.48. The number of amidine groups is 1. The van der Waals surface area contributed by atoms with Crippen LogP contribution in [0.25, 0.3) is 16.9 Å². The molecule has 2 amide bonds. The van der Waals surface area contributed by atoms with Gasteiger partial charge in [0.05, 0.1) is 21.3 Å². The van der Waals surface area contributed by atoms with Crippen LogP contribution in [0.5, 0.6) is 17.4 Å². The highest BCUT2D eigenvalue weighted by Crippen LogP contribution is 2.34. The van der Waals surface area contributed by atoms with Crippen molar-refractivity contribution >= 4 is 50.4 Å². The topological polar surface area (TPSA) is 201 Å². The molecule has 4 aromatic rings. The molecule has 16 nitrogen and oxygen atoms in total. The van der Waals surface area contributed by atoms with E-state index in [-0.39, 0.29) is 51.7 Å². The van der Waals surface area contributed by atoms with E-state index in [1.807, 2.05) is 4.72 Å².